The Kier molecular flexibility index (Phi) is 7.74. The van der Waals surface area contributed by atoms with Gasteiger partial charge in [0.2, 0.25) is 0 Å². The fourth-order valence-corrected chi connectivity index (χ4v) is 1.64. The van der Waals surface area contributed by atoms with Crippen LogP contribution in [-0.2, 0) is 11.3 Å². The number of rotatable bonds is 8. The molecule has 0 unspecified atom stereocenters. The minimum absolute atomic E-state index is 0.305. The summed E-state index contributed by atoms with van der Waals surface area (Å²) in [6.45, 7) is 7.55. The van der Waals surface area contributed by atoms with Crippen molar-refractivity contribution in [3.63, 3.8) is 0 Å². The van der Waals surface area contributed by atoms with Crippen molar-refractivity contribution in [2.45, 2.75) is 32.9 Å². The number of hydrogen-bond acceptors (Lipinski definition) is 2. The van der Waals surface area contributed by atoms with Crippen LogP contribution in [0.4, 0.5) is 0 Å². The number of hydrogen-bond donors (Lipinski definition) is 2. The zero-order valence-electron chi connectivity index (χ0n) is 12.2. The predicted octanol–water partition coefficient (Wildman–Crippen LogP) is 1.47. The summed E-state index contributed by atoms with van der Waals surface area (Å²) < 4.78 is 7.62. The Morgan fingerprint density at radius 2 is 1.89 bits per heavy atom. The van der Waals surface area contributed by atoms with Gasteiger partial charge < -0.3 is 19.9 Å². The number of ether oxygens (including phenoxy) is 1. The number of nitrogens with zero attached hydrogens (tertiary/aromatic N) is 2. The van der Waals surface area contributed by atoms with E-state index in [4.69, 9.17) is 4.74 Å². The maximum atomic E-state index is 5.48. The van der Waals surface area contributed by atoms with Gasteiger partial charge in [0.05, 0.1) is 6.10 Å². The monoisotopic (exact) mass is 266 g/mol. The van der Waals surface area contributed by atoms with Crippen molar-refractivity contribution < 1.29 is 4.74 Å². The van der Waals surface area contributed by atoms with Crippen molar-refractivity contribution in [1.82, 2.24) is 15.2 Å². The van der Waals surface area contributed by atoms with Crippen LogP contribution in [0.3, 0.4) is 0 Å². The number of aromatic nitrogens is 1. The molecule has 0 aliphatic carbocycles. The smallest absolute Gasteiger partial charge is 0.191 e. The van der Waals surface area contributed by atoms with Crippen LogP contribution < -0.4 is 10.6 Å². The van der Waals surface area contributed by atoms with Crippen molar-refractivity contribution in [2.75, 3.05) is 26.7 Å². The molecule has 1 heterocycles. The molecule has 1 rings (SSSR count). The van der Waals surface area contributed by atoms with Gasteiger partial charge in [-0.15, -0.1) is 0 Å². The molecule has 0 saturated heterocycles. The van der Waals surface area contributed by atoms with Gasteiger partial charge >= 0.3 is 0 Å². The molecule has 0 spiro atoms. The maximum absolute atomic E-state index is 5.48. The molecular weight excluding hydrogens is 240 g/mol. The molecule has 0 fully saturated rings. The molecule has 0 aliphatic rings. The van der Waals surface area contributed by atoms with Gasteiger partial charge in [-0.3, -0.25) is 4.99 Å². The average molecular weight is 266 g/mol. The zero-order valence-corrected chi connectivity index (χ0v) is 12.2. The predicted molar refractivity (Wildman–Crippen MR) is 79.5 cm³/mol. The molecule has 1 aromatic rings. The number of aliphatic imine (C=N–C) groups is 1. The van der Waals surface area contributed by atoms with Crippen molar-refractivity contribution in [3.05, 3.63) is 24.5 Å². The van der Waals surface area contributed by atoms with Crippen LogP contribution >= 0.6 is 0 Å². The van der Waals surface area contributed by atoms with E-state index in [2.05, 4.69) is 46.4 Å². The van der Waals surface area contributed by atoms with Crippen LogP contribution in [0.15, 0.2) is 29.5 Å². The van der Waals surface area contributed by atoms with E-state index < -0.39 is 0 Å². The largest absolute Gasteiger partial charge is 0.379 e. The van der Waals surface area contributed by atoms with E-state index in [1.54, 1.807) is 7.05 Å². The van der Waals surface area contributed by atoms with Gasteiger partial charge in [0, 0.05) is 45.7 Å². The summed E-state index contributed by atoms with van der Waals surface area (Å²) in [5.41, 5.74) is 0. The second-order valence-electron chi connectivity index (χ2n) is 4.62. The second kappa shape index (κ2) is 9.44. The van der Waals surface area contributed by atoms with Crippen molar-refractivity contribution in [1.29, 1.82) is 0 Å². The van der Waals surface area contributed by atoms with Gasteiger partial charge in [-0.25, -0.2) is 0 Å². The summed E-state index contributed by atoms with van der Waals surface area (Å²) >= 11 is 0. The summed E-state index contributed by atoms with van der Waals surface area (Å²) in [5, 5.41) is 6.56. The highest BCUT2D eigenvalue weighted by molar-refractivity contribution is 5.79. The van der Waals surface area contributed by atoms with Gasteiger partial charge in [-0.05, 0) is 32.4 Å². The highest BCUT2D eigenvalue weighted by Crippen LogP contribution is 1.90. The van der Waals surface area contributed by atoms with E-state index >= 15 is 0 Å². The first-order valence-electron chi connectivity index (χ1n) is 6.89. The Labute approximate surface area is 116 Å². The fraction of sp³-hybridized carbons (Fsp3) is 0.643. The zero-order chi connectivity index (χ0) is 13.9. The first kappa shape index (κ1) is 15.6. The summed E-state index contributed by atoms with van der Waals surface area (Å²) in [6, 6.07) is 4.06. The van der Waals surface area contributed by atoms with Crippen LogP contribution in [0, 0.1) is 0 Å². The van der Waals surface area contributed by atoms with Gasteiger partial charge in [0.15, 0.2) is 5.96 Å². The molecule has 0 atom stereocenters. The van der Waals surface area contributed by atoms with Crippen molar-refractivity contribution >= 4 is 5.96 Å². The van der Waals surface area contributed by atoms with E-state index in [9.17, 15) is 0 Å². The third kappa shape index (κ3) is 7.51. The van der Waals surface area contributed by atoms with Gasteiger partial charge in [-0.1, -0.05) is 0 Å². The van der Waals surface area contributed by atoms with E-state index in [0.29, 0.717) is 6.10 Å². The molecule has 0 aromatic carbocycles. The van der Waals surface area contributed by atoms with Crippen LogP contribution in [0.5, 0.6) is 0 Å². The minimum atomic E-state index is 0.305. The first-order chi connectivity index (χ1) is 9.22. The Balaban J connectivity index is 2.06. The summed E-state index contributed by atoms with van der Waals surface area (Å²) in [4.78, 5) is 4.18. The Morgan fingerprint density at radius 3 is 2.53 bits per heavy atom. The third-order valence-electron chi connectivity index (χ3n) is 2.62. The van der Waals surface area contributed by atoms with E-state index in [1.807, 2.05) is 12.1 Å². The molecule has 2 N–H and O–H groups in total. The summed E-state index contributed by atoms with van der Waals surface area (Å²) in [5.74, 6) is 0.844. The van der Waals surface area contributed by atoms with Crippen LogP contribution in [-0.4, -0.2) is 43.4 Å². The van der Waals surface area contributed by atoms with Gasteiger partial charge in [-0.2, -0.15) is 0 Å². The SMILES string of the molecule is CN=C(NCCCOC(C)C)NCCn1cccc1. The molecule has 0 bridgehead atoms. The molecule has 0 saturated carbocycles. The topological polar surface area (TPSA) is 50.6 Å². The fourth-order valence-electron chi connectivity index (χ4n) is 1.64. The van der Waals surface area contributed by atoms with E-state index in [0.717, 1.165) is 38.6 Å². The molecule has 5 heteroatoms. The van der Waals surface area contributed by atoms with E-state index in [-0.39, 0.29) is 0 Å². The average Bonchev–Trinajstić information content (AvgIpc) is 2.89. The quantitative estimate of drug-likeness (QED) is 0.425. The van der Waals surface area contributed by atoms with Crippen LogP contribution in [0.1, 0.15) is 20.3 Å². The Bertz CT molecular complexity index is 346. The lowest BCUT2D eigenvalue weighted by Gasteiger charge is -2.13. The Hall–Kier alpha value is -1.49. The van der Waals surface area contributed by atoms with Gasteiger partial charge in [0.25, 0.3) is 0 Å². The maximum Gasteiger partial charge on any atom is 0.191 e. The van der Waals surface area contributed by atoms with Crippen LogP contribution in [0.25, 0.3) is 0 Å². The normalized spacial score (nSPS) is 11.9. The molecule has 1 aromatic heterocycles. The standard InChI is InChI=1S/C14H26N4O/c1-13(2)19-12-6-7-16-14(15-3)17-8-11-18-9-4-5-10-18/h4-5,9-10,13H,6-8,11-12H2,1-3H3,(H2,15,16,17). The van der Waals surface area contributed by atoms with Gasteiger partial charge in [0.1, 0.15) is 0 Å². The van der Waals surface area contributed by atoms with Crippen LogP contribution in [0.2, 0.25) is 0 Å². The lowest BCUT2D eigenvalue weighted by molar-refractivity contribution is 0.0776. The summed E-state index contributed by atoms with van der Waals surface area (Å²) in [7, 11) is 1.79. The number of guanidine groups is 1. The first-order valence-corrected chi connectivity index (χ1v) is 6.89. The van der Waals surface area contributed by atoms with Crippen molar-refractivity contribution in [2.24, 2.45) is 4.99 Å². The second-order valence-corrected chi connectivity index (χ2v) is 4.62. The molecule has 108 valence electrons. The molecular formula is C14H26N4O. The summed E-state index contributed by atoms with van der Waals surface area (Å²) in [6.07, 6.45) is 5.40. The van der Waals surface area contributed by atoms with Crippen molar-refractivity contribution in [3.8, 4) is 0 Å². The Morgan fingerprint density at radius 1 is 1.21 bits per heavy atom. The molecule has 0 amide bonds. The lowest BCUT2D eigenvalue weighted by Crippen LogP contribution is -2.39. The lowest BCUT2D eigenvalue weighted by atomic mass is 10.4. The minimum Gasteiger partial charge on any atom is -0.379 e. The molecule has 19 heavy (non-hydrogen) atoms. The molecule has 5 nitrogen and oxygen atoms in total. The third-order valence-corrected chi connectivity index (χ3v) is 2.62. The highest BCUT2D eigenvalue weighted by Gasteiger charge is 1.97. The molecule has 0 aliphatic heterocycles. The number of nitrogens with one attached hydrogen (secondary N) is 2. The van der Waals surface area contributed by atoms with E-state index in [1.165, 1.54) is 0 Å². The molecule has 0 radical (unpaired) electrons. The highest BCUT2D eigenvalue weighted by atomic mass is 16.5.